The molecule has 0 amide bonds. The van der Waals surface area contributed by atoms with Crippen LogP contribution in [0.2, 0.25) is 0 Å². The summed E-state index contributed by atoms with van der Waals surface area (Å²) in [5, 5.41) is 0. The van der Waals surface area contributed by atoms with E-state index >= 15 is 0 Å². The van der Waals surface area contributed by atoms with Gasteiger partial charge < -0.3 is 0 Å². The van der Waals surface area contributed by atoms with E-state index in [9.17, 15) is 0 Å². The van der Waals surface area contributed by atoms with Gasteiger partial charge in [-0.3, -0.25) is 0 Å². The average molecular weight is 244 g/mol. The predicted molar refractivity (Wildman–Crippen MR) is 86.1 cm³/mol. The van der Waals surface area contributed by atoms with Gasteiger partial charge in [0.2, 0.25) is 6.71 Å². The van der Waals surface area contributed by atoms with Crippen LogP contribution in [0.3, 0.4) is 0 Å². The molecule has 3 aromatic rings. The van der Waals surface area contributed by atoms with E-state index in [2.05, 4.69) is 91.0 Å². The second kappa shape index (κ2) is 5.58. The molecule has 0 bridgehead atoms. The fraction of sp³-hybridized carbons (Fsp3) is 0. The lowest BCUT2D eigenvalue weighted by Crippen LogP contribution is -2.51. The van der Waals surface area contributed by atoms with E-state index in [-0.39, 0.29) is 1.43 Å². The molecule has 0 heterocycles. The Bertz CT molecular complexity index is 529. The third-order valence-corrected chi connectivity index (χ3v) is 3.40. The minimum Gasteiger partial charge on any atom is -0.0687 e. The van der Waals surface area contributed by atoms with E-state index in [0.717, 1.165) is 0 Å². The van der Waals surface area contributed by atoms with Gasteiger partial charge in [-0.25, -0.2) is 0 Å². The molecule has 3 rings (SSSR count). The van der Waals surface area contributed by atoms with Gasteiger partial charge in [0.25, 0.3) is 0 Å². The zero-order valence-electron chi connectivity index (χ0n) is 10.7. The maximum atomic E-state index is 2.20. The average Bonchev–Trinajstić information content (AvgIpc) is 2.51. The van der Waals surface area contributed by atoms with Crippen LogP contribution < -0.4 is 16.4 Å². The van der Waals surface area contributed by atoms with Gasteiger partial charge in [-0.15, -0.1) is 0 Å². The van der Waals surface area contributed by atoms with Crippen molar-refractivity contribution >= 4 is 23.1 Å². The molecule has 0 N–H and O–H groups in total. The maximum Gasteiger partial charge on any atom is 0.241 e. The van der Waals surface area contributed by atoms with Crippen molar-refractivity contribution in [3.8, 4) is 0 Å². The summed E-state index contributed by atoms with van der Waals surface area (Å²) in [4.78, 5) is 0. The van der Waals surface area contributed by atoms with Crippen molar-refractivity contribution in [2.45, 2.75) is 0 Å². The Labute approximate surface area is 116 Å². The Balaban J connectivity index is 0.00000147. The molecule has 0 spiro atoms. The van der Waals surface area contributed by atoms with E-state index in [0.29, 0.717) is 6.71 Å². The SMILES string of the molecule is [HH].c1ccc(B(c2ccccc2)c2ccccc2)cc1. The second-order valence-electron chi connectivity index (χ2n) is 4.67. The van der Waals surface area contributed by atoms with Crippen molar-refractivity contribution in [3.63, 3.8) is 0 Å². The van der Waals surface area contributed by atoms with Crippen LogP contribution in [0.5, 0.6) is 0 Å². The van der Waals surface area contributed by atoms with Crippen LogP contribution in [-0.2, 0) is 0 Å². The molecule has 92 valence electrons. The van der Waals surface area contributed by atoms with Crippen LogP contribution in [0.15, 0.2) is 91.0 Å². The van der Waals surface area contributed by atoms with Crippen molar-refractivity contribution in [1.29, 1.82) is 0 Å². The summed E-state index contributed by atoms with van der Waals surface area (Å²) in [5.74, 6) is 0. The topological polar surface area (TPSA) is 0 Å². The first-order valence-corrected chi connectivity index (χ1v) is 6.60. The minimum absolute atomic E-state index is 0. The van der Waals surface area contributed by atoms with E-state index in [1.165, 1.54) is 16.4 Å². The van der Waals surface area contributed by atoms with Crippen LogP contribution in [0.1, 0.15) is 1.43 Å². The standard InChI is InChI=1S/C18H15B.H2/c1-4-10-16(11-5-1)19(17-12-6-2-7-13-17)18-14-8-3-9-15-18;/h1-15H;1H. The molecule has 0 saturated heterocycles. The third-order valence-electron chi connectivity index (χ3n) is 3.40. The summed E-state index contributed by atoms with van der Waals surface area (Å²) in [6.45, 7) is 0.309. The fourth-order valence-electron chi connectivity index (χ4n) is 2.51. The number of hydrogen-bond acceptors (Lipinski definition) is 0. The Morgan fingerprint density at radius 3 is 0.947 bits per heavy atom. The lowest BCUT2D eigenvalue weighted by molar-refractivity contribution is 1.71. The molecule has 19 heavy (non-hydrogen) atoms. The normalized spacial score (nSPS) is 10.1. The summed E-state index contributed by atoms with van der Waals surface area (Å²) in [6, 6.07) is 32.0. The molecule has 0 nitrogen and oxygen atoms in total. The van der Waals surface area contributed by atoms with Crippen LogP contribution in [0.4, 0.5) is 0 Å². The lowest BCUT2D eigenvalue weighted by atomic mass is 9.37. The number of hydrogen-bond donors (Lipinski definition) is 0. The summed E-state index contributed by atoms with van der Waals surface area (Å²) in [5.41, 5.74) is 4.00. The largest absolute Gasteiger partial charge is 0.241 e. The van der Waals surface area contributed by atoms with Crippen LogP contribution in [-0.4, -0.2) is 6.71 Å². The van der Waals surface area contributed by atoms with Gasteiger partial charge in [-0.2, -0.15) is 0 Å². The second-order valence-corrected chi connectivity index (χ2v) is 4.67. The van der Waals surface area contributed by atoms with Gasteiger partial charge in [0, 0.05) is 1.43 Å². The van der Waals surface area contributed by atoms with Gasteiger partial charge in [0.15, 0.2) is 0 Å². The smallest absolute Gasteiger partial charge is 0.0687 e. The third kappa shape index (κ3) is 2.60. The molecule has 1 heteroatoms. The number of rotatable bonds is 3. The minimum atomic E-state index is 0. The lowest BCUT2D eigenvalue weighted by Gasteiger charge is -2.15. The fourth-order valence-corrected chi connectivity index (χ4v) is 2.51. The maximum absolute atomic E-state index is 2.20. The Morgan fingerprint density at radius 1 is 0.421 bits per heavy atom. The van der Waals surface area contributed by atoms with Crippen molar-refractivity contribution in [3.05, 3.63) is 91.0 Å². The van der Waals surface area contributed by atoms with Crippen molar-refractivity contribution in [1.82, 2.24) is 0 Å². The summed E-state index contributed by atoms with van der Waals surface area (Å²) < 4.78 is 0. The van der Waals surface area contributed by atoms with Crippen molar-refractivity contribution in [2.24, 2.45) is 0 Å². The van der Waals surface area contributed by atoms with Gasteiger partial charge in [-0.05, 0) is 0 Å². The molecule has 0 radical (unpaired) electrons. The Morgan fingerprint density at radius 2 is 0.684 bits per heavy atom. The monoisotopic (exact) mass is 244 g/mol. The molecule has 0 saturated carbocycles. The Hall–Kier alpha value is -2.28. The summed E-state index contributed by atoms with van der Waals surface area (Å²) in [7, 11) is 0. The highest BCUT2D eigenvalue weighted by molar-refractivity contribution is 6.95. The van der Waals surface area contributed by atoms with Gasteiger partial charge in [0.1, 0.15) is 0 Å². The molecule has 0 aliphatic carbocycles. The van der Waals surface area contributed by atoms with Crippen LogP contribution in [0.25, 0.3) is 0 Å². The highest BCUT2D eigenvalue weighted by Crippen LogP contribution is 1.95. The van der Waals surface area contributed by atoms with Gasteiger partial charge in [0.05, 0.1) is 0 Å². The van der Waals surface area contributed by atoms with Gasteiger partial charge >= 0.3 is 0 Å². The molecule has 0 aliphatic heterocycles. The Kier molecular flexibility index (Phi) is 3.46. The predicted octanol–water partition coefficient (Wildman–Crippen LogP) is 2.45. The molecule has 0 aliphatic rings. The zero-order valence-corrected chi connectivity index (χ0v) is 10.7. The number of benzene rings is 3. The van der Waals surface area contributed by atoms with E-state index in [1.807, 2.05) is 0 Å². The van der Waals surface area contributed by atoms with Crippen LogP contribution in [0, 0.1) is 0 Å². The first kappa shape index (κ1) is 11.8. The van der Waals surface area contributed by atoms with Crippen molar-refractivity contribution in [2.75, 3.05) is 0 Å². The van der Waals surface area contributed by atoms with E-state index in [1.54, 1.807) is 0 Å². The molecule has 0 aromatic heterocycles. The quantitative estimate of drug-likeness (QED) is 0.621. The van der Waals surface area contributed by atoms with Gasteiger partial charge in [-0.1, -0.05) is 107 Å². The van der Waals surface area contributed by atoms with Crippen molar-refractivity contribution < 1.29 is 1.43 Å². The zero-order chi connectivity index (χ0) is 12.9. The first-order chi connectivity index (χ1) is 9.45. The van der Waals surface area contributed by atoms with E-state index in [4.69, 9.17) is 0 Å². The molecule has 0 unspecified atom stereocenters. The summed E-state index contributed by atoms with van der Waals surface area (Å²) in [6.07, 6.45) is 0. The molecular weight excluding hydrogens is 227 g/mol. The first-order valence-electron chi connectivity index (χ1n) is 6.60. The van der Waals surface area contributed by atoms with E-state index < -0.39 is 0 Å². The molecule has 0 atom stereocenters. The molecular formula is C18H17B. The summed E-state index contributed by atoms with van der Waals surface area (Å²) >= 11 is 0. The highest BCUT2D eigenvalue weighted by Gasteiger charge is 2.20. The molecule has 3 aromatic carbocycles. The molecule has 0 fully saturated rings. The van der Waals surface area contributed by atoms with Crippen LogP contribution >= 0.6 is 0 Å². The highest BCUT2D eigenvalue weighted by atomic mass is 13.9.